The molecule has 0 nitrogen and oxygen atoms in total. The molecule has 3 heteroatoms. The first-order valence-electron chi connectivity index (χ1n) is 9.80. The van der Waals surface area contributed by atoms with Crippen LogP contribution in [-0.2, 0) is 6.42 Å². The Balaban J connectivity index is 1.59. The van der Waals surface area contributed by atoms with E-state index >= 15 is 0 Å². The molecule has 0 unspecified atom stereocenters. The van der Waals surface area contributed by atoms with E-state index in [9.17, 15) is 13.2 Å². The van der Waals surface area contributed by atoms with Gasteiger partial charge in [-0.15, -0.1) is 0 Å². The van der Waals surface area contributed by atoms with Crippen LogP contribution in [0.5, 0.6) is 0 Å². The highest BCUT2D eigenvalue weighted by Crippen LogP contribution is 2.33. The van der Waals surface area contributed by atoms with Crippen molar-refractivity contribution in [3.63, 3.8) is 0 Å². The van der Waals surface area contributed by atoms with E-state index in [1.54, 1.807) is 0 Å². The Hall–Kier alpha value is -1.77. The van der Waals surface area contributed by atoms with Gasteiger partial charge in [-0.2, -0.15) is 0 Å². The molecule has 1 aliphatic rings. The van der Waals surface area contributed by atoms with Crippen molar-refractivity contribution in [1.29, 1.82) is 0 Å². The summed E-state index contributed by atoms with van der Waals surface area (Å²) in [4.78, 5) is 0. The Morgan fingerprint density at radius 1 is 0.846 bits per heavy atom. The summed E-state index contributed by atoms with van der Waals surface area (Å²) in [6.45, 7) is 2.27. The summed E-state index contributed by atoms with van der Waals surface area (Å²) in [7, 11) is 0. The molecule has 0 aliphatic heterocycles. The average molecular weight is 360 g/mol. The van der Waals surface area contributed by atoms with Crippen molar-refractivity contribution in [2.45, 2.75) is 58.3 Å². The largest absolute Gasteiger partial charge is 0.207 e. The number of benzene rings is 2. The normalized spacial score (nSPS) is 20.3. The zero-order valence-corrected chi connectivity index (χ0v) is 15.4. The van der Waals surface area contributed by atoms with E-state index in [4.69, 9.17) is 0 Å². The van der Waals surface area contributed by atoms with Crippen LogP contribution in [0.3, 0.4) is 0 Å². The summed E-state index contributed by atoms with van der Waals surface area (Å²) in [5.74, 6) is 0.101. The summed E-state index contributed by atoms with van der Waals surface area (Å²) >= 11 is 0. The molecule has 0 spiro atoms. The summed E-state index contributed by atoms with van der Waals surface area (Å²) in [5.41, 5.74) is 0.986. The summed E-state index contributed by atoms with van der Waals surface area (Å²) in [5, 5.41) is 0. The molecule has 1 fully saturated rings. The van der Waals surface area contributed by atoms with Crippen LogP contribution in [0.1, 0.15) is 57.4 Å². The van der Waals surface area contributed by atoms with Crippen LogP contribution in [0.25, 0.3) is 11.1 Å². The van der Waals surface area contributed by atoms with E-state index in [1.807, 2.05) is 0 Å². The lowest BCUT2D eigenvalue weighted by molar-refractivity contribution is 0.255. The molecule has 2 aromatic carbocycles. The highest BCUT2D eigenvalue weighted by atomic mass is 19.1. The smallest absolute Gasteiger partial charge is 0.134 e. The predicted molar refractivity (Wildman–Crippen MR) is 100 cm³/mol. The first kappa shape index (κ1) is 19.0. The van der Waals surface area contributed by atoms with Gasteiger partial charge in [-0.05, 0) is 60.1 Å². The predicted octanol–water partition coefficient (Wildman–Crippen LogP) is 7.31. The lowest BCUT2D eigenvalue weighted by Gasteiger charge is -2.27. The van der Waals surface area contributed by atoms with Crippen LogP contribution in [0, 0.1) is 29.3 Å². The van der Waals surface area contributed by atoms with Gasteiger partial charge in [0, 0.05) is 0 Å². The molecular formula is C23H27F3. The van der Waals surface area contributed by atoms with Gasteiger partial charge in [0.1, 0.15) is 17.5 Å². The third kappa shape index (κ3) is 4.69. The second-order valence-corrected chi connectivity index (χ2v) is 7.63. The highest BCUT2D eigenvalue weighted by Gasteiger charge is 2.20. The Morgan fingerprint density at radius 3 is 2.00 bits per heavy atom. The van der Waals surface area contributed by atoms with E-state index in [2.05, 4.69) is 6.92 Å². The number of hydrogen-bond donors (Lipinski definition) is 0. The molecule has 1 aliphatic carbocycles. The maximum atomic E-state index is 14.4. The maximum absolute atomic E-state index is 14.4. The van der Waals surface area contributed by atoms with Gasteiger partial charge in [0.05, 0.1) is 5.56 Å². The van der Waals surface area contributed by atoms with E-state index < -0.39 is 17.5 Å². The lowest BCUT2D eigenvalue weighted by atomic mass is 9.79. The summed E-state index contributed by atoms with van der Waals surface area (Å²) in [6, 6.07) is 8.10. The summed E-state index contributed by atoms with van der Waals surface area (Å²) < 4.78 is 41.9. The quantitative estimate of drug-likeness (QED) is 0.506. The third-order valence-corrected chi connectivity index (χ3v) is 5.86. The molecule has 1 saturated carbocycles. The second kappa shape index (κ2) is 8.75. The SMILES string of the molecule is CCC1CCC(CCCc2cc(F)c(-c3ccc(F)cc3)c(F)c2)CC1. The van der Waals surface area contributed by atoms with E-state index in [0.717, 1.165) is 24.7 Å². The van der Waals surface area contributed by atoms with Gasteiger partial charge in [-0.3, -0.25) is 0 Å². The van der Waals surface area contributed by atoms with Crippen LogP contribution in [0.4, 0.5) is 13.2 Å². The molecule has 2 aromatic rings. The van der Waals surface area contributed by atoms with Gasteiger partial charge in [0.2, 0.25) is 0 Å². The van der Waals surface area contributed by atoms with Gasteiger partial charge >= 0.3 is 0 Å². The van der Waals surface area contributed by atoms with Gasteiger partial charge in [0.15, 0.2) is 0 Å². The van der Waals surface area contributed by atoms with Crippen LogP contribution < -0.4 is 0 Å². The first-order chi connectivity index (χ1) is 12.6. The first-order valence-corrected chi connectivity index (χ1v) is 9.80. The zero-order chi connectivity index (χ0) is 18.5. The summed E-state index contributed by atoms with van der Waals surface area (Å²) in [6.07, 6.45) is 9.34. The monoisotopic (exact) mass is 360 g/mol. The van der Waals surface area contributed by atoms with E-state index in [-0.39, 0.29) is 5.56 Å². The van der Waals surface area contributed by atoms with Crippen molar-refractivity contribution in [3.05, 3.63) is 59.4 Å². The van der Waals surface area contributed by atoms with Crippen LogP contribution in [-0.4, -0.2) is 0 Å². The molecule has 0 amide bonds. The average Bonchev–Trinajstić information content (AvgIpc) is 2.63. The highest BCUT2D eigenvalue weighted by molar-refractivity contribution is 5.65. The minimum absolute atomic E-state index is 0.0772. The molecule has 0 radical (unpaired) electrons. The fourth-order valence-corrected chi connectivity index (χ4v) is 4.19. The maximum Gasteiger partial charge on any atom is 0.134 e. The van der Waals surface area contributed by atoms with Crippen LogP contribution in [0.15, 0.2) is 36.4 Å². The van der Waals surface area contributed by atoms with Gasteiger partial charge in [-0.1, -0.05) is 57.6 Å². The molecular weight excluding hydrogens is 333 g/mol. The molecule has 3 rings (SSSR count). The molecule has 0 saturated heterocycles. The number of rotatable bonds is 6. The number of aryl methyl sites for hydroxylation is 1. The van der Waals surface area contributed by atoms with Crippen molar-refractivity contribution < 1.29 is 13.2 Å². The molecule has 0 atom stereocenters. The Morgan fingerprint density at radius 2 is 1.42 bits per heavy atom. The van der Waals surface area contributed by atoms with Gasteiger partial charge in [0.25, 0.3) is 0 Å². The van der Waals surface area contributed by atoms with Gasteiger partial charge in [-0.25, -0.2) is 13.2 Å². The van der Waals surface area contributed by atoms with Crippen molar-refractivity contribution in [2.75, 3.05) is 0 Å². The lowest BCUT2D eigenvalue weighted by Crippen LogP contribution is -2.14. The Kier molecular flexibility index (Phi) is 6.39. The minimum Gasteiger partial charge on any atom is -0.207 e. The van der Waals surface area contributed by atoms with Crippen molar-refractivity contribution in [1.82, 2.24) is 0 Å². The minimum atomic E-state index is -0.574. The number of hydrogen-bond acceptors (Lipinski definition) is 0. The fraction of sp³-hybridized carbons (Fsp3) is 0.478. The van der Waals surface area contributed by atoms with E-state index in [1.165, 1.54) is 68.5 Å². The van der Waals surface area contributed by atoms with Crippen molar-refractivity contribution in [2.24, 2.45) is 11.8 Å². The fourth-order valence-electron chi connectivity index (χ4n) is 4.19. The third-order valence-electron chi connectivity index (χ3n) is 5.86. The standard InChI is InChI=1S/C23H27F3/c1-2-16-6-8-17(9-7-16)4-3-5-18-14-21(25)23(22(26)15-18)19-10-12-20(24)13-11-19/h10-17H,2-9H2,1H3. The van der Waals surface area contributed by atoms with E-state index in [0.29, 0.717) is 17.5 Å². The van der Waals surface area contributed by atoms with Crippen molar-refractivity contribution in [3.8, 4) is 11.1 Å². The zero-order valence-electron chi connectivity index (χ0n) is 15.4. The second-order valence-electron chi connectivity index (χ2n) is 7.63. The molecule has 0 aromatic heterocycles. The van der Waals surface area contributed by atoms with Crippen LogP contribution in [0.2, 0.25) is 0 Å². The Bertz CT molecular complexity index is 690. The van der Waals surface area contributed by atoms with Crippen LogP contribution >= 0.6 is 0 Å². The molecule has 26 heavy (non-hydrogen) atoms. The molecule has 0 bridgehead atoms. The molecule has 140 valence electrons. The van der Waals surface area contributed by atoms with Gasteiger partial charge < -0.3 is 0 Å². The van der Waals surface area contributed by atoms with Crippen molar-refractivity contribution >= 4 is 0 Å². The molecule has 0 heterocycles. The molecule has 0 N–H and O–H groups in total. The number of halogens is 3. The topological polar surface area (TPSA) is 0 Å². The Labute approximate surface area is 154 Å².